The number of benzene rings is 1. The van der Waals surface area contributed by atoms with Gasteiger partial charge >= 0.3 is 5.97 Å². The monoisotopic (exact) mass is 249 g/mol. The maximum absolute atomic E-state index is 11.4. The van der Waals surface area contributed by atoms with Crippen LogP contribution in [0, 0.1) is 0 Å². The molecule has 1 rings (SSSR count). The number of rotatable bonds is 6. The molecule has 0 aliphatic heterocycles. The summed E-state index contributed by atoms with van der Waals surface area (Å²) in [6, 6.07) is 7.56. The third kappa shape index (κ3) is 4.13. The number of hydrogen-bond donors (Lipinski definition) is 1. The van der Waals surface area contributed by atoms with Crippen LogP contribution in [0.3, 0.4) is 0 Å². The number of para-hydroxylation sites is 2. The molecule has 0 aromatic heterocycles. The Bertz CT molecular complexity index is 427. The molecule has 18 heavy (non-hydrogen) atoms. The number of carbonyl (C=O) groups is 1. The molecule has 1 N–H and O–H groups in total. The van der Waals surface area contributed by atoms with E-state index < -0.39 is 0 Å². The Balaban J connectivity index is 2.82. The van der Waals surface area contributed by atoms with Crippen LogP contribution in [0.1, 0.15) is 20.3 Å². The molecule has 1 aromatic rings. The Kier molecular flexibility index (Phi) is 5.77. The van der Waals surface area contributed by atoms with Gasteiger partial charge in [0.05, 0.1) is 19.4 Å². The van der Waals surface area contributed by atoms with E-state index in [1.165, 1.54) is 6.08 Å². The van der Waals surface area contributed by atoms with Crippen molar-refractivity contribution in [2.75, 3.05) is 19.0 Å². The summed E-state index contributed by atoms with van der Waals surface area (Å²) in [4.78, 5) is 11.4. The van der Waals surface area contributed by atoms with Gasteiger partial charge in [-0.1, -0.05) is 19.1 Å². The van der Waals surface area contributed by atoms with Crippen LogP contribution in [-0.2, 0) is 9.53 Å². The molecule has 4 nitrogen and oxygen atoms in total. The van der Waals surface area contributed by atoms with Gasteiger partial charge in [0.1, 0.15) is 5.75 Å². The average molecular weight is 249 g/mol. The quantitative estimate of drug-likeness (QED) is 0.622. The summed E-state index contributed by atoms with van der Waals surface area (Å²) in [5.41, 5.74) is 1.62. The summed E-state index contributed by atoms with van der Waals surface area (Å²) >= 11 is 0. The van der Waals surface area contributed by atoms with E-state index in [0.29, 0.717) is 13.0 Å². The molecule has 0 unspecified atom stereocenters. The third-order valence-electron chi connectivity index (χ3n) is 2.36. The van der Waals surface area contributed by atoms with E-state index in [0.717, 1.165) is 17.1 Å². The molecule has 0 saturated heterocycles. The minimum absolute atomic E-state index is 0.336. The van der Waals surface area contributed by atoms with E-state index in [1.54, 1.807) is 14.0 Å². The van der Waals surface area contributed by atoms with Crippen LogP contribution in [0.25, 0.3) is 0 Å². The number of anilines is 1. The fourth-order valence-corrected chi connectivity index (χ4v) is 1.47. The van der Waals surface area contributed by atoms with Gasteiger partial charge in [0.25, 0.3) is 0 Å². The molecule has 4 heteroatoms. The summed E-state index contributed by atoms with van der Waals surface area (Å²) in [7, 11) is 1.61. The molecular formula is C14H19NO3. The smallest absolute Gasteiger partial charge is 0.332 e. The van der Waals surface area contributed by atoms with E-state index in [1.807, 2.05) is 31.2 Å². The Hall–Kier alpha value is -1.97. The minimum Gasteiger partial charge on any atom is -0.495 e. The van der Waals surface area contributed by atoms with Crippen LogP contribution in [0.5, 0.6) is 5.75 Å². The number of methoxy groups -OCH3 is 1. The molecule has 0 bridgehead atoms. The lowest BCUT2D eigenvalue weighted by molar-refractivity contribution is -0.137. The number of hydrogen-bond acceptors (Lipinski definition) is 4. The second kappa shape index (κ2) is 7.37. The van der Waals surface area contributed by atoms with Crippen LogP contribution < -0.4 is 10.1 Å². The zero-order valence-corrected chi connectivity index (χ0v) is 11.0. The zero-order chi connectivity index (χ0) is 13.4. The van der Waals surface area contributed by atoms with Crippen molar-refractivity contribution in [3.63, 3.8) is 0 Å². The van der Waals surface area contributed by atoms with Gasteiger partial charge in [0, 0.05) is 11.8 Å². The standard InChI is InChI=1S/C14H19NO3/c1-4-11(10-14(16)18-5-2)15-12-8-6-7-9-13(12)17-3/h6-10,15H,4-5H2,1-3H3. The summed E-state index contributed by atoms with van der Waals surface area (Å²) < 4.78 is 10.1. The molecule has 0 saturated carbocycles. The van der Waals surface area contributed by atoms with Crippen molar-refractivity contribution in [1.82, 2.24) is 0 Å². The lowest BCUT2D eigenvalue weighted by atomic mass is 10.2. The predicted molar refractivity (Wildman–Crippen MR) is 71.6 cm³/mol. The molecule has 0 fully saturated rings. The van der Waals surface area contributed by atoms with Crippen LogP contribution in [0.2, 0.25) is 0 Å². The topological polar surface area (TPSA) is 47.6 Å². The minimum atomic E-state index is -0.336. The molecule has 0 atom stereocenters. The number of ether oxygens (including phenoxy) is 2. The molecule has 0 amide bonds. The molecule has 1 aromatic carbocycles. The maximum atomic E-state index is 11.4. The molecular weight excluding hydrogens is 230 g/mol. The molecule has 0 aliphatic rings. The van der Waals surface area contributed by atoms with Crippen molar-refractivity contribution in [1.29, 1.82) is 0 Å². The molecule has 0 radical (unpaired) electrons. The maximum Gasteiger partial charge on any atom is 0.332 e. The lowest BCUT2D eigenvalue weighted by Gasteiger charge is -2.12. The van der Waals surface area contributed by atoms with E-state index in [9.17, 15) is 4.79 Å². The van der Waals surface area contributed by atoms with Gasteiger partial charge in [-0.15, -0.1) is 0 Å². The summed E-state index contributed by atoms with van der Waals surface area (Å²) in [5, 5.41) is 3.17. The first-order valence-electron chi connectivity index (χ1n) is 5.98. The van der Waals surface area contributed by atoms with Crippen molar-refractivity contribution in [2.45, 2.75) is 20.3 Å². The highest BCUT2D eigenvalue weighted by atomic mass is 16.5. The first-order valence-corrected chi connectivity index (χ1v) is 5.98. The summed E-state index contributed by atoms with van der Waals surface area (Å²) in [5.74, 6) is 0.400. The summed E-state index contributed by atoms with van der Waals surface area (Å²) in [6.45, 7) is 4.12. The second-order valence-corrected chi connectivity index (χ2v) is 3.60. The van der Waals surface area contributed by atoms with Crippen LogP contribution >= 0.6 is 0 Å². The Labute approximate surface area is 108 Å². The highest BCUT2D eigenvalue weighted by molar-refractivity contribution is 5.83. The highest BCUT2D eigenvalue weighted by Crippen LogP contribution is 2.25. The number of carbonyl (C=O) groups excluding carboxylic acids is 1. The van der Waals surface area contributed by atoms with Crippen molar-refractivity contribution < 1.29 is 14.3 Å². The average Bonchev–Trinajstić information content (AvgIpc) is 2.38. The molecule has 0 aliphatic carbocycles. The number of nitrogens with one attached hydrogen (secondary N) is 1. The van der Waals surface area contributed by atoms with E-state index in [-0.39, 0.29) is 5.97 Å². The molecule has 0 heterocycles. The van der Waals surface area contributed by atoms with Gasteiger partial charge in [-0.25, -0.2) is 4.79 Å². The molecule has 98 valence electrons. The van der Waals surface area contributed by atoms with Gasteiger partial charge < -0.3 is 14.8 Å². The fourth-order valence-electron chi connectivity index (χ4n) is 1.47. The van der Waals surface area contributed by atoms with Gasteiger partial charge in [-0.3, -0.25) is 0 Å². The highest BCUT2D eigenvalue weighted by Gasteiger charge is 2.05. The van der Waals surface area contributed by atoms with Crippen molar-refractivity contribution in [2.24, 2.45) is 0 Å². The Morgan fingerprint density at radius 2 is 2.06 bits per heavy atom. The molecule has 0 spiro atoms. The van der Waals surface area contributed by atoms with Gasteiger partial charge in [0.2, 0.25) is 0 Å². The fraction of sp³-hybridized carbons (Fsp3) is 0.357. The van der Waals surface area contributed by atoms with E-state index in [4.69, 9.17) is 9.47 Å². The van der Waals surface area contributed by atoms with Gasteiger partial charge in [-0.2, -0.15) is 0 Å². The predicted octanol–water partition coefficient (Wildman–Crippen LogP) is 2.96. The summed E-state index contributed by atoms with van der Waals surface area (Å²) in [6.07, 6.45) is 2.17. The normalized spacial score (nSPS) is 10.9. The first kappa shape index (κ1) is 14.1. The van der Waals surface area contributed by atoms with Crippen LogP contribution in [0.4, 0.5) is 5.69 Å². The Morgan fingerprint density at radius 1 is 1.33 bits per heavy atom. The number of esters is 1. The van der Waals surface area contributed by atoms with Gasteiger partial charge in [0.15, 0.2) is 0 Å². The lowest BCUT2D eigenvalue weighted by Crippen LogP contribution is -2.06. The van der Waals surface area contributed by atoms with Gasteiger partial charge in [-0.05, 0) is 25.5 Å². The van der Waals surface area contributed by atoms with E-state index >= 15 is 0 Å². The largest absolute Gasteiger partial charge is 0.495 e. The first-order chi connectivity index (χ1) is 8.71. The van der Waals surface area contributed by atoms with Crippen LogP contribution in [-0.4, -0.2) is 19.7 Å². The second-order valence-electron chi connectivity index (χ2n) is 3.60. The SMILES string of the molecule is CCOC(=O)C=C(CC)Nc1ccccc1OC. The zero-order valence-electron chi connectivity index (χ0n) is 11.0. The van der Waals surface area contributed by atoms with E-state index in [2.05, 4.69) is 5.32 Å². The Morgan fingerprint density at radius 3 is 2.67 bits per heavy atom. The van der Waals surface area contributed by atoms with Crippen molar-refractivity contribution >= 4 is 11.7 Å². The van der Waals surface area contributed by atoms with Crippen LogP contribution in [0.15, 0.2) is 36.0 Å². The van der Waals surface area contributed by atoms with Crippen molar-refractivity contribution in [3.8, 4) is 5.75 Å². The number of allylic oxidation sites excluding steroid dienone is 1. The van der Waals surface area contributed by atoms with Crippen molar-refractivity contribution in [3.05, 3.63) is 36.0 Å². The third-order valence-corrected chi connectivity index (χ3v) is 2.36.